The summed E-state index contributed by atoms with van der Waals surface area (Å²) in [4.78, 5) is 25.9. The second-order valence-corrected chi connectivity index (χ2v) is 9.08. The molecule has 1 aromatic carbocycles. The van der Waals surface area contributed by atoms with Crippen molar-refractivity contribution in [3.8, 4) is 0 Å². The van der Waals surface area contributed by atoms with E-state index in [1.165, 1.54) is 16.4 Å². The van der Waals surface area contributed by atoms with E-state index >= 15 is 0 Å². The highest BCUT2D eigenvalue weighted by Crippen LogP contribution is 2.38. The molecule has 9 heteroatoms. The van der Waals surface area contributed by atoms with Gasteiger partial charge in [0.2, 0.25) is 10.0 Å². The maximum absolute atomic E-state index is 12.8. The van der Waals surface area contributed by atoms with Gasteiger partial charge >= 0.3 is 5.97 Å². The number of benzene rings is 1. The summed E-state index contributed by atoms with van der Waals surface area (Å²) >= 11 is 0. The molecule has 0 spiro atoms. The van der Waals surface area contributed by atoms with Crippen LogP contribution in [0, 0.1) is 11.8 Å². The van der Waals surface area contributed by atoms with Gasteiger partial charge in [0.05, 0.1) is 22.2 Å². The Labute approximate surface area is 166 Å². The van der Waals surface area contributed by atoms with E-state index in [-0.39, 0.29) is 16.8 Å². The van der Waals surface area contributed by atoms with E-state index < -0.39 is 22.5 Å². The highest BCUT2D eigenvalue weighted by atomic mass is 32.2. The first-order chi connectivity index (χ1) is 13.1. The van der Waals surface area contributed by atoms with Crippen LogP contribution in [0.4, 0.5) is 11.4 Å². The molecule has 1 fully saturated rings. The maximum atomic E-state index is 12.8. The van der Waals surface area contributed by atoms with E-state index in [9.17, 15) is 18.0 Å². The summed E-state index contributed by atoms with van der Waals surface area (Å²) in [6.07, 6.45) is 0.788. The summed E-state index contributed by atoms with van der Waals surface area (Å²) in [5.74, 6) is -0.693. The molecule has 1 amide bonds. The molecule has 1 N–H and O–H groups in total. The van der Waals surface area contributed by atoms with Crippen molar-refractivity contribution in [3.63, 3.8) is 0 Å². The molecule has 156 valence electrons. The number of hydrogen-bond acceptors (Lipinski definition) is 6. The third-order valence-electron chi connectivity index (χ3n) is 4.82. The molecule has 2 atom stereocenters. The monoisotopic (exact) mass is 411 g/mol. The van der Waals surface area contributed by atoms with Gasteiger partial charge in [-0.2, -0.15) is 4.31 Å². The van der Waals surface area contributed by atoms with Gasteiger partial charge in [-0.15, -0.1) is 0 Å². The Bertz CT molecular complexity index is 834. The predicted molar refractivity (Wildman–Crippen MR) is 108 cm³/mol. The number of rotatable bonds is 9. The van der Waals surface area contributed by atoms with Crippen molar-refractivity contribution in [1.29, 1.82) is 0 Å². The second kappa shape index (κ2) is 8.91. The average Bonchev–Trinajstić information content (AvgIpc) is 3.37. The summed E-state index contributed by atoms with van der Waals surface area (Å²) in [5.41, 5.74) is 0.994. The first kappa shape index (κ1) is 22.2. The second-order valence-electron chi connectivity index (χ2n) is 7.14. The third-order valence-corrected chi connectivity index (χ3v) is 6.87. The molecule has 0 heterocycles. The summed E-state index contributed by atoms with van der Waals surface area (Å²) in [5, 5.41) is 2.66. The van der Waals surface area contributed by atoms with E-state index in [1.807, 2.05) is 6.92 Å². The highest BCUT2D eigenvalue weighted by Gasteiger charge is 2.40. The van der Waals surface area contributed by atoms with Crippen LogP contribution in [0.2, 0.25) is 0 Å². The zero-order chi connectivity index (χ0) is 21.1. The summed E-state index contributed by atoms with van der Waals surface area (Å²) in [6, 6.07) is 4.60. The van der Waals surface area contributed by atoms with E-state index in [1.54, 1.807) is 38.9 Å². The van der Waals surface area contributed by atoms with Crippen LogP contribution in [-0.4, -0.2) is 58.4 Å². The SMILES string of the molecule is CCN(CC)S(=O)(=O)c1ccc(N(C)C)c(NC(=O)COC(=O)[C@@H]2C[C@H]2C)c1. The van der Waals surface area contributed by atoms with Crippen LogP contribution in [0.25, 0.3) is 0 Å². The molecule has 2 rings (SSSR count). The van der Waals surface area contributed by atoms with Crippen LogP contribution in [-0.2, 0) is 24.3 Å². The molecule has 0 unspecified atom stereocenters. The minimum absolute atomic E-state index is 0.0981. The van der Waals surface area contributed by atoms with Crippen molar-refractivity contribution in [2.24, 2.45) is 11.8 Å². The molecule has 28 heavy (non-hydrogen) atoms. The fraction of sp³-hybridized carbons (Fsp3) is 0.579. The lowest BCUT2D eigenvalue weighted by Gasteiger charge is -2.22. The van der Waals surface area contributed by atoms with Gasteiger partial charge in [0.25, 0.3) is 5.91 Å². The van der Waals surface area contributed by atoms with E-state index in [0.717, 1.165) is 6.42 Å². The molecular formula is C19H29N3O5S. The Morgan fingerprint density at radius 3 is 2.32 bits per heavy atom. The molecule has 1 aliphatic carbocycles. The van der Waals surface area contributed by atoms with Gasteiger partial charge in [-0.3, -0.25) is 9.59 Å². The minimum atomic E-state index is -3.66. The van der Waals surface area contributed by atoms with Crippen molar-refractivity contribution in [1.82, 2.24) is 4.31 Å². The van der Waals surface area contributed by atoms with Crippen molar-refractivity contribution in [2.45, 2.75) is 32.1 Å². The molecule has 1 aromatic rings. The van der Waals surface area contributed by atoms with E-state index in [0.29, 0.717) is 30.4 Å². The van der Waals surface area contributed by atoms with Crippen molar-refractivity contribution < 1.29 is 22.7 Å². The predicted octanol–water partition coefficient (Wildman–Crippen LogP) is 1.92. The van der Waals surface area contributed by atoms with Gasteiger partial charge in [0, 0.05) is 27.2 Å². The zero-order valence-electron chi connectivity index (χ0n) is 17.1. The number of sulfonamides is 1. The highest BCUT2D eigenvalue weighted by molar-refractivity contribution is 7.89. The fourth-order valence-electron chi connectivity index (χ4n) is 2.96. The van der Waals surface area contributed by atoms with Gasteiger partial charge in [-0.05, 0) is 30.5 Å². The summed E-state index contributed by atoms with van der Waals surface area (Å²) in [7, 11) is -0.0792. The number of esters is 1. The van der Waals surface area contributed by atoms with Gasteiger partial charge in [0.15, 0.2) is 6.61 Å². The number of nitrogens with zero attached hydrogens (tertiary/aromatic N) is 2. The Morgan fingerprint density at radius 2 is 1.82 bits per heavy atom. The van der Waals surface area contributed by atoms with E-state index in [4.69, 9.17) is 4.74 Å². The number of carbonyl (C=O) groups excluding carboxylic acids is 2. The Kier molecular flexibility index (Phi) is 7.06. The average molecular weight is 412 g/mol. The normalized spacial score (nSPS) is 18.6. The smallest absolute Gasteiger partial charge is 0.309 e. The first-order valence-corrected chi connectivity index (χ1v) is 10.8. The standard InChI is InChI=1S/C19H29N3O5S/c1-6-22(7-2)28(25,26)14-8-9-17(21(4)5)16(11-14)20-18(23)12-27-19(24)15-10-13(15)3/h8-9,11,13,15H,6-7,10,12H2,1-5H3,(H,20,23)/t13-,15-/m1/s1. The lowest BCUT2D eigenvalue weighted by molar-refractivity contribution is -0.148. The van der Waals surface area contributed by atoms with E-state index in [2.05, 4.69) is 5.32 Å². The Balaban J connectivity index is 2.19. The molecule has 0 bridgehead atoms. The van der Waals surface area contributed by atoms with Crippen LogP contribution in [0.1, 0.15) is 27.2 Å². The van der Waals surface area contributed by atoms with Gasteiger partial charge < -0.3 is 15.0 Å². The molecule has 1 aliphatic rings. The lowest BCUT2D eigenvalue weighted by atomic mass is 10.2. The lowest BCUT2D eigenvalue weighted by Crippen LogP contribution is -2.31. The Morgan fingerprint density at radius 1 is 1.21 bits per heavy atom. The van der Waals surface area contributed by atoms with Gasteiger partial charge in [0.1, 0.15) is 0 Å². The number of nitrogens with one attached hydrogen (secondary N) is 1. The van der Waals surface area contributed by atoms with Crippen LogP contribution in [0.3, 0.4) is 0 Å². The van der Waals surface area contributed by atoms with Crippen molar-refractivity contribution in [3.05, 3.63) is 18.2 Å². The molecule has 0 aliphatic heterocycles. The number of amides is 1. The van der Waals surface area contributed by atoms with Crippen LogP contribution < -0.4 is 10.2 Å². The molecule has 0 aromatic heterocycles. The van der Waals surface area contributed by atoms with Crippen molar-refractivity contribution in [2.75, 3.05) is 44.0 Å². The number of ether oxygens (including phenoxy) is 1. The van der Waals surface area contributed by atoms with Crippen LogP contribution in [0.15, 0.2) is 23.1 Å². The first-order valence-electron chi connectivity index (χ1n) is 9.39. The number of anilines is 2. The zero-order valence-corrected chi connectivity index (χ0v) is 17.9. The Hall–Kier alpha value is -2.13. The third kappa shape index (κ3) is 5.02. The molecule has 1 saturated carbocycles. The van der Waals surface area contributed by atoms with Crippen LogP contribution >= 0.6 is 0 Å². The number of hydrogen-bond donors (Lipinski definition) is 1. The number of carbonyl (C=O) groups is 2. The molecule has 0 saturated heterocycles. The molecule has 0 radical (unpaired) electrons. The molecule has 8 nitrogen and oxygen atoms in total. The largest absolute Gasteiger partial charge is 0.455 e. The van der Waals surface area contributed by atoms with Crippen LogP contribution in [0.5, 0.6) is 0 Å². The fourth-order valence-corrected chi connectivity index (χ4v) is 4.44. The van der Waals surface area contributed by atoms with Crippen molar-refractivity contribution >= 4 is 33.3 Å². The minimum Gasteiger partial charge on any atom is -0.455 e. The quantitative estimate of drug-likeness (QED) is 0.624. The van der Waals surface area contributed by atoms with Gasteiger partial charge in [-0.1, -0.05) is 20.8 Å². The topological polar surface area (TPSA) is 96.0 Å². The van der Waals surface area contributed by atoms with Gasteiger partial charge in [-0.25, -0.2) is 8.42 Å². The molecular weight excluding hydrogens is 382 g/mol. The summed E-state index contributed by atoms with van der Waals surface area (Å²) < 4.78 is 31.9. The summed E-state index contributed by atoms with van der Waals surface area (Å²) in [6.45, 7) is 5.80. The maximum Gasteiger partial charge on any atom is 0.309 e.